The molecule has 0 aromatic heterocycles. The molecular formula is C17H18N2O3S. The number of carbonyl (C=O) groups excluding carboxylic acids is 2. The van der Waals surface area contributed by atoms with Gasteiger partial charge in [0, 0.05) is 28.3 Å². The van der Waals surface area contributed by atoms with Crippen LogP contribution in [0.2, 0.25) is 0 Å². The minimum atomic E-state index is -0.487. The number of methoxy groups -OCH3 is 1. The molecule has 120 valence electrons. The number of nitrogens with two attached hydrogens (primary N) is 1. The molecule has 2 rings (SSSR count). The van der Waals surface area contributed by atoms with Crippen LogP contribution in [0.15, 0.2) is 53.4 Å². The van der Waals surface area contributed by atoms with Crippen molar-refractivity contribution in [2.45, 2.75) is 11.3 Å². The third-order valence-corrected chi connectivity index (χ3v) is 4.12. The van der Waals surface area contributed by atoms with Gasteiger partial charge in [-0.05, 0) is 48.5 Å². The van der Waals surface area contributed by atoms with Crippen LogP contribution in [0.3, 0.4) is 0 Å². The summed E-state index contributed by atoms with van der Waals surface area (Å²) in [7, 11) is 1.63. The molecule has 0 aliphatic rings. The van der Waals surface area contributed by atoms with Crippen molar-refractivity contribution in [3.8, 4) is 5.75 Å². The molecule has 6 heteroatoms. The van der Waals surface area contributed by atoms with Crippen molar-refractivity contribution >= 4 is 29.3 Å². The fourth-order valence-electron chi connectivity index (χ4n) is 1.87. The minimum Gasteiger partial charge on any atom is -0.497 e. The van der Waals surface area contributed by atoms with E-state index in [0.29, 0.717) is 23.4 Å². The van der Waals surface area contributed by atoms with Crippen LogP contribution in [0, 0.1) is 0 Å². The molecule has 0 saturated heterocycles. The van der Waals surface area contributed by atoms with Gasteiger partial charge in [-0.2, -0.15) is 0 Å². The molecule has 0 atom stereocenters. The highest BCUT2D eigenvalue weighted by Gasteiger charge is 2.05. The lowest BCUT2D eigenvalue weighted by atomic mass is 10.2. The summed E-state index contributed by atoms with van der Waals surface area (Å²) in [5.74, 6) is 0.931. The molecule has 2 amide bonds. The zero-order valence-corrected chi connectivity index (χ0v) is 13.6. The first-order chi connectivity index (χ1) is 11.1. The summed E-state index contributed by atoms with van der Waals surface area (Å²) in [6.07, 6.45) is 0.397. The fourth-order valence-corrected chi connectivity index (χ4v) is 2.73. The highest BCUT2D eigenvalue weighted by atomic mass is 32.2. The number of nitrogens with one attached hydrogen (secondary N) is 1. The molecule has 0 aliphatic carbocycles. The van der Waals surface area contributed by atoms with Crippen LogP contribution in [0.4, 0.5) is 5.69 Å². The third kappa shape index (κ3) is 5.34. The molecular weight excluding hydrogens is 312 g/mol. The van der Waals surface area contributed by atoms with E-state index in [2.05, 4.69) is 5.32 Å². The number of rotatable bonds is 7. The van der Waals surface area contributed by atoms with E-state index in [-0.39, 0.29) is 5.91 Å². The summed E-state index contributed by atoms with van der Waals surface area (Å²) >= 11 is 1.61. The van der Waals surface area contributed by atoms with Crippen molar-refractivity contribution in [3.63, 3.8) is 0 Å². The molecule has 0 unspecified atom stereocenters. The monoisotopic (exact) mass is 330 g/mol. The molecule has 3 N–H and O–H groups in total. The van der Waals surface area contributed by atoms with Gasteiger partial charge in [0.15, 0.2) is 0 Å². The molecule has 0 saturated carbocycles. The van der Waals surface area contributed by atoms with Crippen molar-refractivity contribution in [1.29, 1.82) is 0 Å². The van der Waals surface area contributed by atoms with Crippen LogP contribution in [0.5, 0.6) is 5.75 Å². The zero-order chi connectivity index (χ0) is 16.7. The van der Waals surface area contributed by atoms with E-state index < -0.39 is 5.91 Å². The predicted molar refractivity (Wildman–Crippen MR) is 91.9 cm³/mol. The van der Waals surface area contributed by atoms with Gasteiger partial charge in [-0.15, -0.1) is 11.8 Å². The molecule has 23 heavy (non-hydrogen) atoms. The molecule has 0 spiro atoms. The zero-order valence-electron chi connectivity index (χ0n) is 12.7. The molecule has 0 bridgehead atoms. The van der Waals surface area contributed by atoms with Crippen LogP contribution >= 0.6 is 11.8 Å². The van der Waals surface area contributed by atoms with Crippen LogP contribution in [0.1, 0.15) is 16.8 Å². The van der Waals surface area contributed by atoms with Crippen molar-refractivity contribution in [2.24, 2.45) is 5.73 Å². The van der Waals surface area contributed by atoms with Gasteiger partial charge in [-0.1, -0.05) is 0 Å². The molecule has 0 aliphatic heterocycles. The molecule has 0 radical (unpaired) electrons. The summed E-state index contributed by atoms with van der Waals surface area (Å²) < 4.78 is 5.10. The number of benzene rings is 2. The predicted octanol–water partition coefficient (Wildman–Crippen LogP) is 2.92. The summed E-state index contributed by atoms with van der Waals surface area (Å²) in [6.45, 7) is 0. The van der Waals surface area contributed by atoms with Crippen LogP contribution in [0.25, 0.3) is 0 Å². The lowest BCUT2D eigenvalue weighted by Gasteiger charge is -2.06. The number of ether oxygens (including phenoxy) is 1. The average molecular weight is 330 g/mol. The number of amides is 2. The second-order valence-corrected chi connectivity index (χ2v) is 5.93. The van der Waals surface area contributed by atoms with Crippen LogP contribution in [-0.2, 0) is 4.79 Å². The Balaban J connectivity index is 1.77. The summed E-state index contributed by atoms with van der Waals surface area (Å²) in [5.41, 5.74) is 6.23. The second-order valence-electron chi connectivity index (χ2n) is 4.76. The first-order valence-electron chi connectivity index (χ1n) is 7.05. The Morgan fingerprint density at radius 3 is 2.30 bits per heavy atom. The summed E-state index contributed by atoms with van der Waals surface area (Å²) in [6, 6.07) is 14.2. The third-order valence-electron chi connectivity index (χ3n) is 3.11. The van der Waals surface area contributed by atoms with Crippen LogP contribution < -0.4 is 15.8 Å². The topological polar surface area (TPSA) is 81.4 Å². The maximum Gasteiger partial charge on any atom is 0.248 e. The highest BCUT2D eigenvalue weighted by Crippen LogP contribution is 2.22. The smallest absolute Gasteiger partial charge is 0.248 e. The number of thioether (sulfide) groups is 1. The molecule has 2 aromatic rings. The number of hydrogen-bond donors (Lipinski definition) is 2. The number of hydrogen-bond acceptors (Lipinski definition) is 4. The molecule has 2 aromatic carbocycles. The van der Waals surface area contributed by atoms with Crippen molar-refractivity contribution in [3.05, 3.63) is 54.1 Å². The number of primary amides is 1. The van der Waals surface area contributed by atoms with E-state index in [1.54, 1.807) is 43.1 Å². The molecule has 0 heterocycles. The Kier molecular flexibility index (Phi) is 6.05. The second kappa shape index (κ2) is 8.24. The summed E-state index contributed by atoms with van der Waals surface area (Å²) in [4.78, 5) is 23.9. The van der Waals surface area contributed by atoms with Crippen molar-refractivity contribution < 1.29 is 14.3 Å². The normalized spacial score (nSPS) is 10.1. The van der Waals surface area contributed by atoms with E-state index in [1.807, 2.05) is 24.3 Å². The first-order valence-corrected chi connectivity index (χ1v) is 8.03. The van der Waals surface area contributed by atoms with Gasteiger partial charge in [0.1, 0.15) is 5.75 Å². The fraction of sp³-hybridized carbons (Fsp3) is 0.176. The molecule has 0 fully saturated rings. The standard InChI is InChI=1S/C17H18N2O3S/c1-22-14-6-8-15(9-7-14)23-11-10-16(20)19-13-4-2-12(3-5-13)17(18)21/h2-9H,10-11H2,1H3,(H2,18,21)(H,19,20). The van der Waals surface area contributed by atoms with Gasteiger partial charge in [0.2, 0.25) is 11.8 Å². The van der Waals surface area contributed by atoms with Gasteiger partial charge in [-0.3, -0.25) is 9.59 Å². The van der Waals surface area contributed by atoms with Crippen molar-refractivity contribution in [2.75, 3.05) is 18.2 Å². The SMILES string of the molecule is COc1ccc(SCCC(=O)Nc2ccc(C(N)=O)cc2)cc1. The van der Waals surface area contributed by atoms with Gasteiger partial charge >= 0.3 is 0 Å². The number of carbonyl (C=O) groups is 2. The maximum atomic E-state index is 11.9. The van der Waals surface area contributed by atoms with E-state index in [4.69, 9.17) is 10.5 Å². The average Bonchev–Trinajstić information content (AvgIpc) is 2.56. The molecule has 5 nitrogen and oxygen atoms in total. The Morgan fingerprint density at radius 2 is 1.74 bits per heavy atom. The van der Waals surface area contributed by atoms with E-state index in [1.165, 1.54) is 0 Å². The van der Waals surface area contributed by atoms with E-state index in [0.717, 1.165) is 10.6 Å². The largest absolute Gasteiger partial charge is 0.497 e. The summed E-state index contributed by atoms with van der Waals surface area (Å²) in [5, 5.41) is 2.79. The van der Waals surface area contributed by atoms with Gasteiger partial charge in [-0.25, -0.2) is 0 Å². The Bertz CT molecular complexity index is 669. The highest BCUT2D eigenvalue weighted by molar-refractivity contribution is 7.99. The maximum absolute atomic E-state index is 11.9. The van der Waals surface area contributed by atoms with Gasteiger partial charge in [0.25, 0.3) is 0 Å². The quantitative estimate of drug-likeness (QED) is 0.765. The lowest BCUT2D eigenvalue weighted by Crippen LogP contribution is -2.13. The lowest BCUT2D eigenvalue weighted by molar-refractivity contribution is -0.115. The first kappa shape index (κ1) is 16.9. The minimum absolute atomic E-state index is 0.0714. The Hall–Kier alpha value is -2.47. The van der Waals surface area contributed by atoms with E-state index >= 15 is 0 Å². The van der Waals surface area contributed by atoms with Gasteiger partial charge in [0.05, 0.1) is 7.11 Å². The van der Waals surface area contributed by atoms with Crippen molar-refractivity contribution in [1.82, 2.24) is 0 Å². The Morgan fingerprint density at radius 1 is 1.09 bits per heavy atom. The van der Waals surface area contributed by atoms with Crippen LogP contribution in [-0.4, -0.2) is 24.7 Å². The Labute approximate surface area is 139 Å². The number of anilines is 1. The van der Waals surface area contributed by atoms with Gasteiger partial charge < -0.3 is 15.8 Å². The van der Waals surface area contributed by atoms with E-state index in [9.17, 15) is 9.59 Å².